The van der Waals surface area contributed by atoms with Crippen LogP contribution in [-0.4, -0.2) is 24.9 Å². The lowest BCUT2D eigenvalue weighted by molar-refractivity contribution is -0.910. The Labute approximate surface area is 161 Å². The monoisotopic (exact) mass is 368 g/mol. The van der Waals surface area contributed by atoms with E-state index >= 15 is 0 Å². The molecule has 0 heterocycles. The Morgan fingerprint density at radius 2 is 1.41 bits per heavy atom. The standard InChI is InChI=1S/C22H29N3O2/c1-4-25(5-2)16-20-8-6-19(7-9-20)15-23-22(27)14-18-10-12-21(13-11-18)24-17(3)26/h6-13H,4-5,14-16H2,1-3H3,(H,23,27)(H,24,26)/p+1. The molecule has 2 rings (SSSR count). The molecule has 0 aromatic heterocycles. The molecular weight excluding hydrogens is 338 g/mol. The van der Waals surface area contributed by atoms with E-state index in [1.807, 2.05) is 12.1 Å². The minimum atomic E-state index is -0.106. The largest absolute Gasteiger partial charge is 0.352 e. The number of carbonyl (C=O) groups is 2. The van der Waals surface area contributed by atoms with Crippen LogP contribution in [-0.2, 0) is 29.1 Å². The number of quaternary nitrogens is 1. The van der Waals surface area contributed by atoms with Gasteiger partial charge >= 0.3 is 0 Å². The van der Waals surface area contributed by atoms with E-state index in [9.17, 15) is 9.59 Å². The van der Waals surface area contributed by atoms with Gasteiger partial charge in [0, 0.05) is 24.7 Å². The molecular formula is C22H30N3O2+. The molecule has 3 N–H and O–H groups in total. The molecule has 0 saturated carbocycles. The van der Waals surface area contributed by atoms with Crippen molar-refractivity contribution in [1.82, 2.24) is 5.32 Å². The summed E-state index contributed by atoms with van der Waals surface area (Å²) in [5.41, 5.74) is 4.07. The summed E-state index contributed by atoms with van der Waals surface area (Å²) in [6.07, 6.45) is 0.323. The van der Waals surface area contributed by atoms with E-state index in [0.29, 0.717) is 13.0 Å². The van der Waals surface area contributed by atoms with Gasteiger partial charge in [0.25, 0.3) is 0 Å². The molecule has 144 valence electrons. The highest BCUT2D eigenvalue weighted by Gasteiger charge is 2.06. The van der Waals surface area contributed by atoms with Crippen LogP contribution in [0.3, 0.4) is 0 Å². The summed E-state index contributed by atoms with van der Waals surface area (Å²) in [5, 5.41) is 5.68. The molecule has 0 atom stereocenters. The van der Waals surface area contributed by atoms with Crippen LogP contribution in [0.4, 0.5) is 5.69 Å². The topological polar surface area (TPSA) is 62.6 Å². The Bertz CT molecular complexity index is 735. The zero-order valence-corrected chi connectivity index (χ0v) is 16.5. The molecule has 5 nitrogen and oxygen atoms in total. The molecule has 0 fully saturated rings. The fourth-order valence-corrected chi connectivity index (χ4v) is 2.92. The first-order chi connectivity index (χ1) is 13.0. The van der Waals surface area contributed by atoms with Gasteiger partial charge in [-0.05, 0) is 37.1 Å². The van der Waals surface area contributed by atoms with Crippen molar-refractivity contribution in [1.29, 1.82) is 0 Å². The maximum Gasteiger partial charge on any atom is 0.224 e. The number of hydrogen-bond acceptors (Lipinski definition) is 2. The molecule has 0 aliphatic rings. The first kappa shape index (κ1) is 20.6. The predicted octanol–water partition coefficient (Wildman–Crippen LogP) is 1.93. The van der Waals surface area contributed by atoms with Crippen LogP contribution in [0.5, 0.6) is 0 Å². The number of anilines is 1. The number of hydrogen-bond donors (Lipinski definition) is 3. The van der Waals surface area contributed by atoms with E-state index in [0.717, 1.165) is 36.4 Å². The maximum absolute atomic E-state index is 12.2. The average Bonchev–Trinajstić information content (AvgIpc) is 2.66. The average molecular weight is 369 g/mol. The molecule has 0 saturated heterocycles. The zero-order valence-electron chi connectivity index (χ0n) is 16.5. The summed E-state index contributed by atoms with van der Waals surface area (Å²) in [6, 6.07) is 15.8. The Kier molecular flexibility index (Phi) is 8.01. The summed E-state index contributed by atoms with van der Waals surface area (Å²) in [5.74, 6) is -0.121. The lowest BCUT2D eigenvalue weighted by Crippen LogP contribution is -3.10. The van der Waals surface area contributed by atoms with Gasteiger partial charge in [0.05, 0.1) is 19.5 Å². The fraction of sp³-hybridized carbons (Fsp3) is 0.364. The van der Waals surface area contributed by atoms with Crippen molar-refractivity contribution < 1.29 is 14.5 Å². The van der Waals surface area contributed by atoms with Crippen LogP contribution < -0.4 is 15.5 Å². The van der Waals surface area contributed by atoms with Crippen molar-refractivity contribution in [3.63, 3.8) is 0 Å². The van der Waals surface area contributed by atoms with Crippen LogP contribution in [0, 0.1) is 0 Å². The lowest BCUT2D eigenvalue weighted by Gasteiger charge is -2.15. The normalized spacial score (nSPS) is 10.7. The van der Waals surface area contributed by atoms with E-state index in [-0.39, 0.29) is 11.8 Å². The third-order valence-electron chi connectivity index (χ3n) is 4.61. The molecule has 27 heavy (non-hydrogen) atoms. The highest BCUT2D eigenvalue weighted by molar-refractivity contribution is 5.88. The van der Waals surface area contributed by atoms with Crippen molar-refractivity contribution in [2.75, 3.05) is 18.4 Å². The number of rotatable bonds is 9. The van der Waals surface area contributed by atoms with Crippen molar-refractivity contribution >= 4 is 17.5 Å². The first-order valence-electron chi connectivity index (χ1n) is 9.54. The highest BCUT2D eigenvalue weighted by Crippen LogP contribution is 2.10. The van der Waals surface area contributed by atoms with Gasteiger partial charge in [-0.15, -0.1) is 0 Å². The number of amides is 2. The van der Waals surface area contributed by atoms with Crippen LogP contribution in [0.15, 0.2) is 48.5 Å². The van der Waals surface area contributed by atoms with Gasteiger partial charge in [-0.3, -0.25) is 9.59 Å². The maximum atomic E-state index is 12.2. The Morgan fingerprint density at radius 1 is 0.852 bits per heavy atom. The van der Waals surface area contributed by atoms with Gasteiger partial charge in [0.2, 0.25) is 11.8 Å². The molecule has 2 aromatic carbocycles. The first-order valence-corrected chi connectivity index (χ1v) is 9.54. The lowest BCUT2D eigenvalue weighted by atomic mass is 10.1. The smallest absolute Gasteiger partial charge is 0.224 e. The molecule has 2 amide bonds. The number of benzene rings is 2. The molecule has 0 radical (unpaired) electrons. The van der Waals surface area contributed by atoms with Gasteiger partial charge < -0.3 is 15.5 Å². The minimum absolute atomic E-state index is 0.0149. The number of nitrogens with one attached hydrogen (secondary N) is 3. The molecule has 0 unspecified atom stereocenters. The van der Waals surface area contributed by atoms with Crippen LogP contribution >= 0.6 is 0 Å². The van der Waals surface area contributed by atoms with Gasteiger partial charge in [0.1, 0.15) is 6.54 Å². The third-order valence-corrected chi connectivity index (χ3v) is 4.61. The second-order valence-corrected chi connectivity index (χ2v) is 6.78. The van der Waals surface area contributed by atoms with Gasteiger partial charge in [-0.1, -0.05) is 36.4 Å². The van der Waals surface area contributed by atoms with Gasteiger partial charge in [-0.25, -0.2) is 0 Å². The summed E-state index contributed by atoms with van der Waals surface area (Å²) >= 11 is 0. The van der Waals surface area contributed by atoms with Gasteiger partial charge in [-0.2, -0.15) is 0 Å². The highest BCUT2D eigenvalue weighted by atomic mass is 16.2. The molecule has 5 heteroatoms. The minimum Gasteiger partial charge on any atom is -0.352 e. The third kappa shape index (κ3) is 7.23. The van der Waals surface area contributed by atoms with Crippen LogP contribution in [0.25, 0.3) is 0 Å². The molecule has 0 aliphatic carbocycles. The molecule has 0 spiro atoms. The van der Waals surface area contributed by atoms with Gasteiger partial charge in [0.15, 0.2) is 0 Å². The SMILES string of the molecule is CC[NH+](CC)Cc1ccc(CNC(=O)Cc2ccc(NC(C)=O)cc2)cc1. The zero-order chi connectivity index (χ0) is 19.6. The van der Waals surface area contributed by atoms with E-state index < -0.39 is 0 Å². The van der Waals surface area contributed by atoms with E-state index in [2.05, 4.69) is 48.7 Å². The summed E-state index contributed by atoms with van der Waals surface area (Å²) < 4.78 is 0. The van der Waals surface area contributed by atoms with Crippen LogP contribution in [0.1, 0.15) is 37.5 Å². The molecule has 2 aromatic rings. The van der Waals surface area contributed by atoms with Crippen molar-refractivity contribution in [3.05, 3.63) is 65.2 Å². The Morgan fingerprint density at radius 3 is 1.96 bits per heavy atom. The van der Waals surface area contributed by atoms with Crippen LogP contribution in [0.2, 0.25) is 0 Å². The van der Waals surface area contributed by atoms with E-state index in [1.165, 1.54) is 12.5 Å². The number of carbonyl (C=O) groups excluding carboxylic acids is 2. The second kappa shape index (κ2) is 10.5. The van der Waals surface area contributed by atoms with E-state index in [4.69, 9.17) is 0 Å². The quantitative estimate of drug-likeness (QED) is 0.633. The van der Waals surface area contributed by atoms with Crippen molar-refractivity contribution in [2.45, 2.75) is 40.3 Å². The van der Waals surface area contributed by atoms with E-state index in [1.54, 1.807) is 17.0 Å². The van der Waals surface area contributed by atoms with Crippen molar-refractivity contribution in [3.8, 4) is 0 Å². The summed E-state index contributed by atoms with van der Waals surface area (Å²) in [4.78, 5) is 24.7. The summed E-state index contributed by atoms with van der Waals surface area (Å²) in [7, 11) is 0. The Hall–Kier alpha value is -2.66. The fourth-order valence-electron chi connectivity index (χ4n) is 2.92. The predicted molar refractivity (Wildman–Crippen MR) is 108 cm³/mol. The van der Waals surface area contributed by atoms with Crippen molar-refractivity contribution in [2.24, 2.45) is 0 Å². The molecule has 0 aliphatic heterocycles. The Balaban J connectivity index is 1.80. The second-order valence-electron chi connectivity index (χ2n) is 6.78. The molecule has 0 bridgehead atoms. The summed E-state index contributed by atoms with van der Waals surface area (Å²) in [6.45, 7) is 9.69.